The molecule has 0 spiro atoms. The van der Waals surface area contributed by atoms with Crippen LogP contribution in [-0.4, -0.2) is 11.9 Å². The molecule has 0 atom stereocenters. The lowest BCUT2D eigenvalue weighted by Gasteiger charge is -2.28. The summed E-state index contributed by atoms with van der Waals surface area (Å²) in [6.07, 6.45) is 1.35. The van der Waals surface area contributed by atoms with Gasteiger partial charge < -0.3 is 4.90 Å². The monoisotopic (exact) mass is 351 g/mol. The van der Waals surface area contributed by atoms with Crippen LogP contribution in [0.25, 0.3) is 0 Å². The minimum atomic E-state index is 0.143. The maximum absolute atomic E-state index is 12.5. The van der Waals surface area contributed by atoms with E-state index >= 15 is 0 Å². The van der Waals surface area contributed by atoms with Crippen molar-refractivity contribution >= 4 is 38.9 Å². The largest absolute Gasteiger partial charge is 0.309 e. The van der Waals surface area contributed by atoms with Crippen LogP contribution in [0.5, 0.6) is 0 Å². The lowest BCUT2D eigenvalue weighted by molar-refractivity contribution is -0.118. The first-order valence-electron chi connectivity index (χ1n) is 6.68. The summed E-state index contributed by atoms with van der Waals surface area (Å²) < 4.78 is 0.957. The third-order valence-corrected chi connectivity index (χ3v) is 4.67. The number of para-hydroxylation sites is 1. The summed E-state index contributed by atoms with van der Waals surface area (Å²) in [6, 6.07) is 12.1. The van der Waals surface area contributed by atoms with Gasteiger partial charge in [0.25, 0.3) is 0 Å². The van der Waals surface area contributed by atoms with Crippen molar-refractivity contribution in [3.05, 3.63) is 51.1 Å². The molecule has 0 aliphatic carbocycles. The molecule has 1 aromatic carbocycles. The van der Waals surface area contributed by atoms with Gasteiger partial charge >= 0.3 is 0 Å². The van der Waals surface area contributed by atoms with Gasteiger partial charge in [-0.2, -0.15) is 0 Å². The van der Waals surface area contributed by atoms with Crippen molar-refractivity contribution in [1.82, 2.24) is 0 Å². The van der Waals surface area contributed by atoms with Gasteiger partial charge in [-0.3, -0.25) is 4.79 Å². The zero-order valence-electron chi connectivity index (χ0n) is 11.7. The van der Waals surface area contributed by atoms with Gasteiger partial charge in [-0.05, 0) is 59.8 Å². The lowest BCUT2D eigenvalue weighted by atomic mass is 10.2. The zero-order valence-corrected chi connectivity index (χ0v) is 14.1. The molecule has 0 radical (unpaired) electrons. The number of carbonyl (C=O) groups is 1. The Morgan fingerprint density at radius 2 is 2.00 bits per heavy atom. The molecule has 2 aromatic rings. The molecule has 0 saturated carbocycles. The Morgan fingerprint density at radius 3 is 2.60 bits per heavy atom. The van der Waals surface area contributed by atoms with Crippen LogP contribution in [0, 0.1) is 0 Å². The SMILES string of the molecule is CC(C)N(C(=O)CCc1cccs1)c1ccccc1Br. The molecule has 0 fully saturated rings. The number of halogens is 1. The normalized spacial score (nSPS) is 10.8. The lowest BCUT2D eigenvalue weighted by Crippen LogP contribution is -2.37. The van der Waals surface area contributed by atoms with E-state index in [1.807, 2.05) is 54.5 Å². The van der Waals surface area contributed by atoms with Crippen LogP contribution in [0.1, 0.15) is 25.1 Å². The average Bonchev–Trinajstić information content (AvgIpc) is 2.92. The summed E-state index contributed by atoms with van der Waals surface area (Å²) >= 11 is 5.24. The molecular formula is C16H18BrNOS. The van der Waals surface area contributed by atoms with Gasteiger partial charge in [0.2, 0.25) is 5.91 Å². The van der Waals surface area contributed by atoms with E-state index in [1.165, 1.54) is 4.88 Å². The fourth-order valence-corrected chi connectivity index (χ4v) is 3.34. The van der Waals surface area contributed by atoms with E-state index in [1.54, 1.807) is 11.3 Å². The molecule has 0 saturated heterocycles. The second kappa shape index (κ2) is 7.04. The molecule has 0 unspecified atom stereocenters. The number of anilines is 1. The molecule has 2 nitrogen and oxygen atoms in total. The molecule has 20 heavy (non-hydrogen) atoms. The summed E-state index contributed by atoms with van der Waals surface area (Å²) in [5.41, 5.74) is 0.943. The Balaban J connectivity index is 2.12. The Kier molecular flexibility index (Phi) is 5.38. The van der Waals surface area contributed by atoms with E-state index in [4.69, 9.17) is 0 Å². The van der Waals surface area contributed by atoms with Crippen molar-refractivity contribution in [1.29, 1.82) is 0 Å². The summed E-state index contributed by atoms with van der Waals surface area (Å²) in [7, 11) is 0. The number of carbonyl (C=O) groups excluding carboxylic acids is 1. The standard InChI is InChI=1S/C16H18BrNOS/c1-12(2)18(15-8-4-3-7-14(15)17)16(19)10-9-13-6-5-11-20-13/h3-8,11-12H,9-10H2,1-2H3. The van der Waals surface area contributed by atoms with Crippen molar-refractivity contribution in [3.8, 4) is 0 Å². The Morgan fingerprint density at radius 1 is 1.25 bits per heavy atom. The molecule has 106 valence electrons. The van der Waals surface area contributed by atoms with E-state index in [9.17, 15) is 4.79 Å². The van der Waals surface area contributed by atoms with Crippen LogP contribution in [0.4, 0.5) is 5.69 Å². The van der Waals surface area contributed by atoms with Crippen molar-refractivity contribution in [2.24, 2.45) is 0 Å². The van der Waals surface area contributed by atoms with Gasteiger partial charge in [0.05, 0.1) is 5.69 Å². The average molecular weight is 352 g/mol. The third kappa shape index (κ3) is 3.70. The highest BCUT2D eigenvalue weighted by molar-refractivity contribution is 9.10. The fraction of sp³-hybridized carbons (Fsp3) is 0.312. The van der Waals surface area contributed by atoms with Crippen LogP contribution in [0.2, 0.25) is 0 Å². The number of benzene rings is 1. The highest BCUT2D eigenvalue weighted by atomic mass is 79.9. The van der Waals surface area contributed by atoms with Crippen molar-refractivity contribution in [2.45, 2.75) is 32.7 Å². The summed E-state index contributed by atoms with van der Waals surface area (Å²) in [6.45, 7) is 4.09. The first-order valence-corrected chi connectivity index (χ1v) is 8.36. The second-order valence-corrected chi connectivity index (χ2v) is 6.77. The number of rotatable bonds is 5. The number of aryl methyl sites for hydroxylation is 1. The topological polar surface area (TPSA) is 20.3 Å². The molecule has 0 aliphatic heterocycles. The zero-order chi connectivity index (χ0) is 14.5. The number of hydrogen-bond donors (Lipinski definition) is 0. The number of amides is 1. The maximum atomic E-state index is 12.5. The van der Waals surface area contributed by atoms with Crippen LogP contribution >= 0.6 is 27.3 Å². The molecule has 1 heterocycles. The Bertz CT molecular complexity index is 566. The van der Waals surface area contributed by atoms with Gasteiger partial charge in [0, 0.05) is 21.8 Å². The van der Waals surface area contributed by atoms with Crippen molar-refractivity contribution < 1.29 is 4.79 Å². The summed E-state index contributed by atoms with van der Waals surface area (Å²) in [4.78, 5) is 15.7. The van der Waals surface area contributed by atoms with Gasteiger partial charge in [0.15, 0.2) is 0 Å². The number of thiophene rings is 1. The molecular weight excluding hydrogens is 334 g/mol. The van der Waals surface area contributed by atoms with Crippen LogP contribution in [0.3, 0.4) is 0 Å². The molecule has 0 aliphatic rings. The van der Waals surface area contributed by atoms with Gasteiger partial charge in [0.1, 0.15) is 0 Å². The molecule has 2 rings (SSSR count). The summed E-state index contributed by atoms with van der Waals surface area (Å²) in [5.74, 6) is 0.167. The van der Waals surface area contributed by atoms with Gasteiger partial charge in [-0.25, -0.2) is 0 Å². The van der Waals surface area contributed by atoms with Crippen LogP contribution in [-0.2, 0) is 11.2 Å². The summed E-state index contributed by atoms with van der Waals surface area (Å²) in [5, 5.41) is 2.05. The molecule has 0 bridgehead atoms. The number of hydrogen-bond acceptors (Lipinski definition) is 2. The van der Waals surface area contributed by atoms with E-state index in [0.29, 0.717) is 6.42 Å². The van der Waals surface area contributed by atoms with Crippen molar-refractivity contribution in [2.75, 3.05) is 4.90 Å². The quantitative estimate of drug-likeness (QED) is 0.751. The van der Waals surface area contributed by atoms with Crippen LogP contribution < -0.4 is 4.90 Å². The van der Waals surface area contributed by atoms with E-state index in [2.05, 4.69) is 22.0 Å². The maximum Gasteiger partial charge on any atom is 0.227 e. The Hall–Kier alpha value is -1.13. The second-order valence-electron chi connectivity index (χ2n) is 4.89. The third-order valence-electron chi connectivity index (χ3n) is 3.06. The van der Waals surface area contributed by atoms with E-state index < -0.39 is 0 Å². The first-order chi connectivity index (χ1) is 9.59. The smallest absolute Gasteiger partial charge is 0.227 e. The molecule has 0 N–H and O–H groups in total. The van der Waals surface area contributed by atoms with Crippen molar-refractivity contribution in [3.63, 3.8) is 0 Å². The molecule has 1 amide bonds. The fourth-order valence-electron chi connectivity index (χ4n) is 2.15. The highest BCUT2D eigenvalue weighted by Gasteiger charge is 2.20. The van der Waals surface area contributed by atoms with Gasteiger partial charge in [-0.1, -0.05) is 18.2 Å². The van der Waals surface area contributed by atoms with E-state index in [-0.39, 0.29) is 11.9 Å². The predicted molar refractivity (Wildman–Crippen MR) is 89.4 cm³/mol. The molecule has 1 aromatic heterocycles. The predicted octanol–water partition coefficient (Wildman–Crippen LogP) is 4.88. The Labute approximate surface area is 132 Å². The molecule has 4 heteroatoms. The van der Waals surface area contributed by atoms with E-state index in [0.717, 1.165) is 16.6 Å². The minimum absolute atomic E-state index is 0.143. The highest BCUT2D eigenvalue weighted by Crippen LogP contribution is 2.28. The van der Waals surface area contributed by atoms with Crippen LogP contribution in [0.15, 0.2) is 46.3 Å². The van der Waals surface area contributed by atoms with Gasteiger partial charge in [-0.15, -0.1) is 11.3 Å². The minimum Gasteiger partial charge on any atom is -0.309 e. The first kappa shape index (κ1) is 15.3. The number of nitrogens with zero attached hydrogens (tertiary/aromatic N) is 1.